The van der Waals surface area contributed by atoms with Crippen LogP contribution in [0.15, 0.2) is 108 Å². The number of carbonyl (C=O) groups excluding carboxylic acids is 2. The highest BCUT2D eigenvalue weighted by molar-refractivity contribution is 7.92. The van der Waals surface area contributed by atoms with E-state index in [1.54, 1.807) is 36.4 Å². The first-order chi connectivity index (χ1) is 21.2. The van der Waals surface area contributed by atoms with Gasteiger partial charge in [-0.25, -0.2) is 8.42 Å². The molecule has 0 heterocycles. The smallest absolute Gasteiger partial charge is 0.264 e. The van der Waals surface area contributed by atoms with Crippen LogP contribution in [-0.4, -0.2) is 43.3 Å². The number of sulfonamides is 1. The van der Waals surface area contributed by atoms with Gasteiger partial charge >= 0.3 is 0 Å². The fraction of sp³-hybridized carbons (Fsp3) is 0.297. The molecule has 0 saturated carbocycles. The summed E-state index contributed by atoms with van der Waals surface area (Å²) in [5.74, 6) is -0.799. The number of aryl methyl sites for hydroxylation is 3. The zero-order valence-corrected chi connectivity index (χ0v) is 27.8. The van der Waals surface area contributed by atoms with Crippen LogP contribution in [0.2, 0.25) is 0 Å². The molecule has 8 heteroatoms. The van der Waals surface area contributed by atoms with Crippen LogP contribution in [0.1, 0.15) is 48.6 Å². The summed E-state index contributed by atoms with van der Waals surface area (Å²) in [6.45, 7) is 11.1. The van der Waals surface area contributed by atoms with Gasteiger partial charge in [0.2, 0.25) is 11.8 Å². The van der Waals surface area contributed by atoms with Crippen LogP contribution < -0.4 is 9.62 Å². The number of rotatable bonds is 11. The first-order valence-corrected chi connectivity index (χ1v) is 16.5. The van der Waals surface area contributed by atoms with E-state index in [2.05, 4.69) is 5.32 Å². The summed E-state index contributed by atoms with van der Waals surface area (Å²) in [6.07, 6.45) is 0.260. The minimum absolute atomic E-state index is 0.0814. The molecule has 2 amide bonds. The Morgan fingerprint density at radius 2 is 1.22 bits per heavy atom. The molecule has 4 rings (SSSR count). The molecule has 0 radical (unpaired) electrons. The normalized spacial score (nSPS) is 12.3. The summed E-state index contributed by atoms with van der Waals surface area (Å²) >= 11 is 0. The molecule has 0 aliphatic rings. The van der Waals surface area contributed by atoms with Gasteiger partial charge in [0, 0.05) is 18.5 Å². The zero-order valence-electron chi connectivity index (χ0n) is 26.9. The lowest BCUT2D eigenvalue weighted by atomic mass is 10.0. The largest absolute Gasteiger partial charge is 0.350 e. The molecule has 1 N–H and O–H groups in total. The van der Waals surface area contributed by atoms with Crippen molar-refractivity contribution in [2.75, 3.05) is 10.8 Å². The van der Waals surface area contributed by atoms with Crippen LogP contribution in [0.25, 0.3) is 0 Å². The molecule has 1 atom stereocenters. The van der Waals surface area contributed by atoms with Gasteiger partial charge in [-0.05, 0) is 76.9 Å². The summed E-state index contributed by atoms with van der Waals surface area (Å²) in [5.41, 5.74) is 4.48. The Bertz CT molecular complexity index is 1700. The van der Waals surface area contributed by atoms with E-state index < -0.39 is 34.1 Å². The fourth-order valence-corrected chi connectivity index (χ4v) is 6.39. The summed E-state index contributed by atoms with van der Waals surface area (Å²) in [4.78, 5) is 30.1. The Morgan fingerprint density at radius 3 is 1.76 bits per heavy atom. The van der Waals surface area contributed by atoms with Crippen molar-refractivity contribution in [3.63, 3.8) is 0 Å². The third kappa shape index (κ3) is 9.05. The third-order valence-electron chi connectivity index (χ3n) is 7.45. The van der Waals surface area contributed by atoms with Crippen molar-refractivity contribution in [2.45, 2.75) is 71.0 Å². The lowest BCUT2D eigenvalue weighted by molar-refractivity contribution is -0.140. The minimum Gasteiger partial charge on any atom is -0.350 e. The quantitative estimate of drug-likeness (QED) is 0.210. The van der Waals surface area contributed by atoms with E-state index >= 15 is 0 Å². The molecule has 0 saturated heterocycles. The van der Waals surface area contributed by atoms with Gasteiger partial charge in [-0.15, -0.1) is 0 Å². The molecule has 0 bridgehead atoms. The second-order valence-corrected chi connectivity index (χ2v) is 14.5. The molecule has 4 aromatic rings. The Hall–Kier alpha value is -4.43. The van der Waals surface area contributed by atoms with Gasteiger partial charge in [0.1, 0.15) is 12.6 Å². The van der Waals surface area contributed by atoms with Crippen molar-refractivity contribution in [3.8, 4) is 0 Å². The summed E-state index contributed by atoms with van der Waals surface area (Å²) < 4.78 is 29.4. The maximum atomic E-state index is 14.5. The average molecular weight is 626 g/mol. The molecule has 236 valence electrons. The van der Waals surface area contributed by atoms with Gasteiger partial charge in [0.05, 0.1) is 10.6 Å². The van der Waals surface area contributed by atoms with Crippen LogP contribution in [0.5, 0.6) is 0 Å². The average Bonchev–Trinajstić information content (AvgIpc) is 2.99. The Morgan fingerprint density at radius 1 is 0.711 bits per heavy atom. The number of nitrogens with zero attached hydrogens (tertiary/aromatic N) is 2. The maximum absolute atomic E-state index is 14.5. The number of hydrogen-bond donors (Lipinski definition) is 1. The fourth-order valence-electron chi connectivity index (χ4n) is 4.97. The standard InChI is InChI=1S/C37H43N3O4S/c1-27-12-18-31(19-13-27)25-39(34(36(42)38-37(4,5)6)24-30-10-8-7-9-11-30)35(41)26-40(32-20-14-28(2)15-21-32)45(43,44)33-22-16-29(3)17-23-33/h7-23,34H,24-26H2,1-6H3,(H,38,42)/t34-/m1/s1. The Kier molecular flexibility index (Phi) is 10.5. The van der Waals surface area contributed by atoms with Crippen molar-refractivity contribution in [2.24, 2.45) is 0 Å². The highest BCUT2D eigenvalue weighted by Crippen LogP contribution is 2.26. The topological polar surface area (TPSA) is 86.8 Å². The summed E-state index contributed by atoms with van der Waals surface area (Å²) in [7, 11) is -4.14. The first kappa shape index (κ1) is 33.5. The van der Waals surface area contributed by atoms with E-state index in [9.17, 15) is 18.0 Å². The number of amides is 2. The molecule has 0 aliphatic heterocycles. The van der Waals surface area contributed by atoms with Gasteiger partial charge in [-0.3, -0.25) is 13.9 Å². The van der Waals surface area contributed by atoms with Crippen molar-refractivity contribution < 1.29 is 18.0 Å². The Labute approximate surface area is 268 Å². The SMILES string of the molecule is Cc1ccc(CN(C(=O)CN(c2ccc(C)cc2)S(=O)(=O)c2ccc(C)cc2)[C@H](Cc2ccccc2)C(=O)NC(C)(C)C)cc1. The molecule has 7 nitrogen and oxygen atoms in total. The maximum Gasteiger partial charge on any atom is 0.264 e. The van der Waals surface area contributed by atoms with E-state index in [1.165, 1.54) is 4.90 Å². The molecule has 0 spiro atoms. The second kappa shape index (κ2) is 14.1. The molecular formula is C37H43N3O4S. The van der Waals surface area contributed by atoms with Crippen molar-refractivity contribution in [1.82, 2.24) is 10.2 Å². The van der Waals surface area contributed by atoms with Crippen molar-refractivity contribution in [1.29, 1.82) is 0 Å². The molecule has 0 fully saturated rings. The Balaban J connectivity index is 1.81. The highest BCUT2D eigenvalue weighted by atomic mass is 32.2. The third-order valence-corrected chi connectivity index (χ3v) is 9.24. The number of nitrogens with one attached hydrogen (secondary N) is 1. The number of benzene rings is 4. The number of hydrogen-bond acceptors (Lipinski definition) is 4. The van der Waals surface area contributed by atoms with Crippen molar-refractivity contribution in [3.05, 3.63) is 131 Å². The van der Waals surface area contributed by atoms with E-state index in [0.717, 1.165) is 32.1 Å². The van der Waals surface area contributed by atoms with E-state index in [1.807, 2.05) is 108 Å². The molecule has 0 aromatic heterocycles. The highest BCUT2D eigenvalue weighted by Gasteiger charge is 2.35. The predicted molar refractivity (Wildman–Crippen MR) is 180 cm³/mol. The predicted octanol–water partition coefficient (Wildman–Crippen LogP) is 6.36. The molecule has 45 heavy (non-hydrogen) atoms. The van der Waals surface area contributed by atoms with Crippen LogP contribution >= 0.6 is 0 Å². The number of anilines is 1. The van der Waals surface area contributed by atoms with Crippen LogP contribution in [0.3, 0.4) is 0 Å². The lowest BCUT2D eigenvalue weighted by Crippen LogP contribution is -2.56. The summed E-state index contributed by atoms with van der Waals surface area (Å²) in [5, 5.41) is 3.06. The van der Waals surface area contributed by atoms with Crippen LogP contribution in [-0.2, 0) is 32.6 Å². The zero-order chi connectivity index (χ0) is 32.8. The van der Waals surface area contributed by atoms with E-state index in [-0.39, 0.29) is 23.8 Å². The minimum atomic E-state index is -4.14. The number of carbonyl (C=O) groups is 2. The molecule has 0 unspecified atom stereocenters. The molecular weight excluding hydrogens is 582 g/mol. The molecule has 4 aromatic carbocycles. The summed E-state index contributed by atoms with van der Waals surface area (Å²) in [6, 6.07) is 30.0. The second-order valence-electron chi connectivity index (χ2n) is 12.6. The molecule has 0 aliphatic carbocycles. The van der Waals surface area contributed by atoms with E-state index in [4.69, 9.17) is 0 Å². The van der Waals surface area contributed by atoms with Gasteiger partial charge in [0.15, 0.2) is 0 Å². The van der Waals surface area contributed by atoms with Gasteiger partial charge in [-0.2, -0.15) is 0 Å². The van der Waals surface area contributed by atoms with Gasteiger partial charge in [-0.1, -0.05) is 95.6 Å². The van der Waals surface area contributed by atoms with Gasteiger partial charge in [0.25, 0.3) is 10.0 Å². The van der Waals surface area contributed by atoms with Crippen LogP contribution in [0, 0.1) is 20.8 Å². The van der Waals surface area contributed by atoms with Crippen LogP contribution in [0.4, 0.5) is 5.69 Å². The first-order valence-electron chi connectivity index (χ1n) is 15.1. The lowest BCUT2D eigenvalue weighted by Gasteiger charge is -2.35. The van der Waals surface area contributed by atoms with Gasteiger partial charge < -0.3 is 10.2 Å². The monoisotopic (exact) mass is 625 g/mol. The van der Waals surface area contributed by atoms with E-state index in [0.29, 0.717) is 5.69 Å². The van der Waals surface area contributed by atoms with Crippen molar-refractivity contribution >= 4 is 27.5 Å².